The molecule has 1 N–H and O–H groups in total. The highest BCUT2D eigenvalue weighted by molar-refractivity contribution is 7.90. The van der Waals surface area contributed by atoms with E-state index in [0.717, 1.165) is 0 Å². The van der Waals surface area contributed by atoms with E-state index in [1.54, 1.807) is 31.2 Å². The first-order valence-corrected chi connectivity index (χ1v) is 6.36. The molecule has 15 heavy (non-hydrogen) atoms. The lowest BCUT2D eigenvalue weighted by atomic mass is 10.3. The quantitative estimate of drug-likeness (QED) is 0.790. The predicted molar refractivity (Wildman–Crippen MR) is 61.5 cm³/mol. The van der Waals surface area contributed by atoms with Crippen LogP contribution in [-0.2, 0) is 9.84 Å². The molecule has 0 fully saturated rings. The van der Waals surface area contributed by atoms with Crippen LogP contribution in [0.2, 0.25) is 0 Å². The second-order valence-electron chi connectivity index (χ2n) is 3.30. The molecule has 0 amide bonds. The number of nitrogens with one attached hydrogen (secondary N) is 1. The third-order valence-electron chi connectivity index (χ3n) is 1.91. The fraction of sp³-hybridized carbons (Fsp3) is 0.273. The third-order valence-corrected chi connectivity index (χ3v) is 3.06. The summed E-state index contributed by atoms with van der Waals surface area (Å²) in [5, 5.41) is 2.95. The van der Waals surface area contributed by atoms with Crippen molar-refractivity contribution in [2.24, 2.45) is 0 Å². The fourth-order valence-electron chi connectivity index (χ4n) is 1.18. The molecule has 0 radical (unpaired) electrons. The summed E-state index contributed by atoms with van der Waals surface area (Å²) in [5.74, 6) is 2.49. The third kappa shape index (κ3) is 3.00. The van der Waals surface area contributed by atoms with Crippen molar-refractivity contribution in [2.75, 3.05) is 11.6 Å². The van der Waals surface area contributed by atoms with E-state index in [0.29, 0.717) is 5.69 Å². The summed E-state index contributed by atoms with van der Waals surface area (Å²) in [6.07, 6.45) is 6.39. The van der Waals surface area contributed by atoms with Crippen molar-refractivity contribution >= 4 is 15.5 Å². The molecule has 1 unspecified atom stereocenters. The van der Waals surface area contributed by atoms with Gasteiger partial charge in [-0.15, -0.1) is 6.42 Å². The average molecular weight is 223 g/mol. The van der Waals surface area contributed by atoms with E-state index < -0.39 is 9.84 Å². The van der Waals surface area contributed by atoms with Gasteiger partial charge in [0.05, 0.1) is 16.6 Å². The lowest BCUT2D eigenvalue weighted by Crippen LogP contribution is -2.14. The summed E-state index contributed by atoms with van der Waals surface area (Å²) in [4.78, 5) is 0.270. The highest BCUT2D eigenvalue weighted by Gasteiger charge is 2.12. The Hall–Kier alpha value is -1.47. The standard InChI is InChI=1S/C11H13NO2S/c1-4-9(2)12-10-7-5-6-8-11(10)15(3,13)14/h1,5-9,12H,2-3H3. The van der Waals surface area contributed by atoms with E-state index in [1.807, 2.05) is 0 Å². The zero-order valence-corrected chi connectivity index (χ0v) is 9.51. The van der Waals surface area contributed by atoms with Crippen LogP contribution in [0.3, 0.4) is 0 Å². The highest BCUT2D eigenvalue weighted by atomic mass is 32.2. The molecule has 1 aromatic carbocycles. The van der Waals surface area contributed by atoms with Crippen LogP contribution >= 0.6 is 0 Å². The van der Waals surface area contributed by atoms with Crippen molar-refractivity contribution in [3.63, 3.8) is 0 Å². The normalized spacial score (nSPS) is 12.9. The van der Waals surface area contributed by atoms with Crippen molar-refractivity contribution in [3.8, 4) is 12.3 Å². The molecule has 1 atom stereocenters. The van der Waals surface area contributed by atoms with Gasteiger partial charge in [0.25, 0.3) is 0 Å². The lowest BCUT2D eigenvalue weighted by molar-refractivity contribution is 0.602. The fourth-order valence-corrected chi connectivity index (χ4v) is 2.04. The van der Waals surface area contributed by atoms with E-state index in [2.05, 4.69) is 11.2 Å². The van der Waals surface area contributed by atoms with Crippen LogP contribution in [-0.4, -0.2) is 20.7 Å². The van der Waals surface area contributed by atoms with E-state index in [1.165, 1.54) is 6.26 Å². The Morgan fingerprint density at radius 2 is 2.00 bits per heavy atom. The zero-order valence-electron chi connectivity index (χ0n) is 8.69. The maximum absolute atomic E-state index is 11.4. The van der Waals surface area contributed by atoms with E-state index in [4.69, 9.17) is 6.42 Å². The van der Waals surface area contributed by atoms with Gasteiger partial charge in [-0.05, 0) is 19.1 Å². The first-order chi connectivity index (χ1) is 6.95. The lowest BCUT2D eigenvalue weighted by Gasteiger charge is -2.12. The van der Waals surface area contributed by atoms with Gasteiger partial charge < -0.3 is 5.32 Å². The summed E-state index contributed by atoms with van der Waals surface area (Å²) in [7, 11) is -3.22. The smallest absolute Gasteiger partial charge is 0.177 e. The Morgan fingerprint density at radius 3 is 2.53 bits per heavy atom. The molecule has 0 aliphatic carbocycles. The summed E-state index contributed by atoms with van der Waals surface area (Å²) in [6.45, 7) is 1.79. The van der Waals surface area contributed by atoms with Crippen LogP contribution in [0.5, 0.6) is 0 Å². The van der Waals surface area contributed by atoms with Gasteiger partial charge in [0, 0.05) is 6.26 Å². The largest absolute Gasteiger partial charge is 0.371 e. The first-order valence-electron chi connectivity index (χ1n) is 4.47. The zero-order chi connectivity index (χ0) is 11.5. The average Bonchev–Trinajstić information content (AvgIpc) is 2.17. The van der Waals surface area contributed by atoms with Gasteiger partial charge in [-0.2, -0.15) is 0 Å². The van der Waals surface area contributed by atoms with Crippen LogP contribution in [0.4, 0.5) is 5.69 Å². The number of para-hydroxylation sites is 1. The second-order valence-corrected chi connectivity index (χ2v) is 5.29. The minimum Gasteiger partial charge on any atom is -0.371 e. The number of hydrogen-bond acceptors (Lipinski definition) is 3. The summed E-state index contributed by atoms with van der Waals surface area (Å²) in [6, 6.07) is 6.50. The van der Waals surface area contributed by atoms with Gasteiger partial charge in [-0.3, -0.25) is 0 Å². The summed E-state index contributed by atoms with van der Waals surface area (Å²) >= 11 is 0. The topological polar surface area (TPSA) is 46.2 Å². The van der Waals surface area contributed by atoms with Crippen molar-refractivity contribution in [2.45, 2.75) is 17.9 Å². The van der Waals surface area contributed by atoms with E-state index in [9.17, 15) is 8.42 Å². The first kappa shape index (κ1) is 11.6. The van der Waals surface area contributed by atoms with Gasteiger partial charge in [-0.1, -0.05) is 18.1 Å². The van der Waals surface area contributed by atoms with E-state index >= 15 is 0 Å². The number of sulfone groups is 1. The number of terminal acetylenes is 1. The van der Waals surface area contributed by atoms with Crippen molar-refractivity contribution in [3.05, 3.63) is 24.3 Å². The second kappa shape index (κ2) is 4.37. The number of benzene rings is 1. The molecule has 0 aliphatic heterocycles. The summed E-state index contributed by atoms with van der Waals surface area (Å²) < 4.78 is 22.9. The Morgan fingerprint density at radius 1 is 1.40 bits per heavy atom. The number of hydrogen-bond donors (Lipinski definition) is 1. The van der Waals surface area contributed by atoms with Gasteiger partial charge in [-0.25, -0.2) is 8.42 Å². The molecule has 0 aromatic heterocycles. The maximum atomic E-state index is 11.4. The molecule has 0 saturated heterocycles. The van der Waals surface area contributed by atoms with Crippen molar-refractivity contribution in [1.29, 1.82) is 0 Å². The van der Waals surface area contributed by atoms with Gasteiger partial charge in [0.15, 0.2) is 9.84 Å². The highest BCUT2D eigenvalue weighted by Crippen LogP contribution is 2.20. The summed E-state index contributed by atoms with van der Waals surface area (Å²) in [5.41, 5.74) is 0.547. The van der Waals surface area contributed by atoms with Gasteiger partial charge in [0.1, 0.15) is 0 Å². The molecule has 1 aromatic rings. The van der Waals surface area contributed by atoms with Crippen molar-refractivity contribution < 1.29 is 8.42 Å². The van der Waals surface area contributed by atoms with Gasteiger partial charge in [0.2, 0.25) is 0 Å². The molecule has 80 valence electrons. The van der Waals surface area contributed by atoms with Crippen LogP contribution in [0.15, 0.2) is 29.2 Å². The number of anilines is 1. The molecule has 0 saturated carbocycles. The van der Waals surface area contributed by atoms with E-state index in [-0.39, 0.29) is 10.9 Å². The van der Waals surface area contributed by atoms with Gasteiger partial charge >= 0.3 is 0 Å². The molecule has 0 bridgehead atoms. The predicted octanol–water partition coefficient (Wildman–Crippen LogP) is 1.52. The molecule has 3 nitrogen and oxygen atoms in total. The Kier molecular flexibility index (Phi) is 3.38. The molecule has 4 heteroatoms. The SMILES string of the molecule is C#CC(C)Nc1ccccc1S(C)(=O)=O. The Labute approximate surface area is 90.4 Å². The maximum Gasteiger partial charge on any atom is 0.177 e. The minimum atomic E-state index is -3.22. The number of rotatable bonds is 3. The molecule has 1 rings (SSSR count). The van der Waals surface area contributed by atoms with Crippen LogP contribution in [0.1, 0.15) is 6.92 Å². The van der Waals surface area contributed by atoms with Crippen LogP contribution in [0, 0.1) is 12.3 Å². The minimum absolute atomic E-state index is 0.201. The molecular formula is C11H13NO2S. The Balaban J connectivity index is 3.15. The monoisotopic (exact) mass is 223 g/mol. The molecule has 0 spiro atoms. The van der Waals surface area contributed by atoms with Crippen LogP contribution in [0.25, 0.3) is 0 Å². The molecule has 0 aliphatic rings. The van der Waals surface area contributed by atoms with Crippen molar-refractivity contribution in [1.82, 2.24) is 0 Å². The molecule has 0 heterocycles. The molecular weight excluding hydrogens is 210 g/mol. The Bertz CT molecular complexity index is 486. The van der Waals surface area contributed by atoms with Crippen LogP contribution < -0.4 is 5.32 Å².